The van der Waals surface area contributed by atoms with Gasteiger partial charge >= 0.3 is 0 Å². The zero-order valence-electron chi connectivity index (χ0n) is 28.4. The van der Waals surface area contributed by atoms with Gasteiger partial charge in [-0.3, -0.25) is 4.79 Å². The number of hydrogen-bond acceptors (Lipinski definition) is 2. The lowest BCUT2D eigenvalue weighted by atomic mass is 9.92. The molecule has 1 saturated heterocycles. The van der Waals surface area contributed by atoms with E-state index >= 15 is 0 Å². The van der Waals surface area contributed by atoms with Gasteiger partial charge in [-0.25, -0.2) is 0 Å². The van der Waals surface area contributed by atoms with Gasteiger partial charge < -0.3 is 10.0 Å². The minimum atomic E-state index is -0.337. The normalized spacial score (nSPS) is 15.4. The molecule has 0 saturated carbocycles. The van der Waals surface area contributed by atoms with Crippen molar-refractivity contribution in [2.45, 2.75) is 136 Å². The second-order valence-corrected chi connectivity index (χ2v) is 6.41. The van der Waals surface area contributed by atoms with Gasteiger partial charge in [0.15, 0.2) is 0 Å². The molecule has 0 aromatic carbocycles. The summed E-state index contributed by atoms with van der Waals surface area (Å²) in [6, 6.07) is 0.213. The van der Waals surface area contributed by atoms with Crippen LogP contribution in [0.5, 0.6) is 0 Å². The molecule has 0 spiro atoms. The minimum absolute atomic E-state index is 0.206. The van der Waals surface area contributed by atoms with Crippen LogP contribution in [0, 0.1) is 0 Å². The Morgan fingerprint density at radius 2 is 1.39 bits per heavy atom. The molecule has 1 N–H and O–H groups in total. The van der Waals surface area contributed by atoms with Crippen LogP contribution in [-0.4, -0.2) is 28.1 Å². The van der Waals surface area contributed by atoms with Crippen molar-refractivity contribution in [1.82, 2.24) is 4.90 Å². The molecular weight excluding hydrogens is 466 g/mol. The number of allylic oxidation sites excluding steroid dienone is 9. The quantitative estimate of drug-likeness (QED) is 0.249. The van der Waals surface area contributed by atoms with E-state index in [-0.39, 0.29) is 18.1 Å². The largest absolute Gasteiger partial charge is 0.388 e. The lowest BCUT2D eigenvalue weighted by molar-refractivity contribution is -0.140. The van der Waals surface area contributed by atoms with Crippen LogP contribution in [0.1, 0.15) is 124 Å². The van der Waals surface area contributed by atoms with Gasteiger partial charge in [0.2, 0.25) is 5.91 Å². The van der Waals surface area contributed by atoms with Crippen molar-refractivity contribution in [2.24, 2.45) is 0 Å². The zero-order valence-corrected chi connectivity index (χ0v) is 28.4. The molecule has 0 aromatic rings. The first-order chi connectivity index (χ1) is 18.4. The van der Waals surface area contributed by atoms with Gasteiger partial charge in [0.25, 0.3) is 0 Å². The van der Waals surface area contributed by atoms with Gasteiger partial charge in [-0.15, -0.1) is 0 Å². The Morgan fingerprint density at radius 1 is 0.895 bits per heavy atom. The second-order valence-electron chi connectivity index (χ2n) is 6.41. The van der Waals surface area contributed by atoms with E-state index in [0.717, 1.165) is 17.7 Å². The van der Waals surface area contributed by atoms with E-state index in [2.05, 4.69) is 18.7 Å². The number of carbonyl (C=O) groups excluding carboxylic acids is 1. The maximum absolute atomic E-state index is 11.7. The van der Waals surface area contributed by atoms with E-state index in [1.54, 1.807) is 6.08 Å². The van der Waals surface area contributed by atoms with E-state index in [1.807, 2.05) is 158 Å². The fourth-order valence-electron chi connectivity index (χ4n) is 2.85. The molecule has 1 fully saturated rings. The predicted molar refractivity (Wildman–Crippen MR) is 179 cm³/mol. The van der Waals surface area contributed by atoms with Crippen molar-refractivity contribution in [3.8, 4) is 0 Å². The lowest BCUT2D eigenvalue weighted by Crippen LogP contribution is -2.51. The van der Waals surface area contributed by atoms with Crippen molar-refractivity contribution < 1.29 is 9.90 Å². The summed E-state index contributed by atoms with van der Waals surface area (Å²) >= 11 is 0. The molecule has 1 heterocycles. The number of aliphatic hydroxyl groups excluding tert-OH is 1. The topological polar surface area (TPSA) is 40.5 Å². The highest BCUT2D eigenvalue weighted by Gasteiger charge is 2.38. The van der Waals surface area contributed by atoms with Crippen LogP contribution in [-0.2, 0) is 4.79 Å². The number of rotatable bonds is 8. The Balaban J connectivity index is -0.000000106. The van der Waals surface area contributed by atoms with Gasteiger partial charge in [-0.1, -0.05) is 137 Å². The van der Waals surface area contributed by atoms with E-state index in [4.69, 9.17) is 0 Å². The number of amides is 1. The summed E-state index contributed by atoms with van der Waals surface area (Å²) in [5.74, 6) is 0.206. The van der Waals surface area contributed by atoms with Crippen molar-refractivity contribution >= 4 is 5.91 Å². The molecule has 224 valence electrons. The van der Waals surface area contributed by atoms with Crippen LogP contribution in [0.25, 0.3) is 0 Å². The van der Waals surface area contributed by atoms with Crippen LogP contribution >= 0.6 is 0 Å². The Labute approximate surface area is 240 Å². The molecule has 1 aliphatic rings. The third-order valence-electron chi connectivity index (χ3n) is 4.46. The van der Waals surface area contributed by atoms with Crippen molar-refractivity contribution in [2.75, 3.05) is 0 Å². The summed E-state index contributed by atoms with van der Waals surface area (Å²) in [7, 11) is 0. The standard InChI is InChI=1S/C15H21NO.C10H16O.5C2H6/c1-5-8-10-12(4)16-14(11-15(16)17)13(7-3)9-6-2;1-4-7-8-9(5-2)10(11)6-3;5*1-2/h5-10,14H,11H2,1-4H3;4-5,7-8,10-11H,1,6H2,2-3H3;5*1-2H3/b8-5-,9-6-,12-10+,13-7+;8-7-,9-5+;;;;;. The maximum atomic E-state index is 11.7. The smallest absolute Gasteiger partial charge is 0.229 e. The Kier molecular flexibility index (Phi) is 53.4. The molecule has 3 nitrogen and oxygen atoms in total. The summed E-state index contributed by atoms with van der Waals surface area (Å²) in [4.78, 5) is 13.6. The number of hydrogen-bond donors (Lipinski definition) is 1. The van der Waals surface area contributed by atoms with Crippen molar-refractivity contribution in [1.29, 1.82) is 0 Å². The van der Waals surface area contributed by atoms with Crippen molar-refractivity contribution in [3.63, 3.8) is 0 Å². The summed E-state index contributed by atoms with van der Waals surface area (Å²) in [5.41, 5.74) is 3.17. The van der Waals surface area contributed by atoms with Crippen LogP contribution in [0.3, 0.4) is 0 Å². The number of carbonyl (C=O) groups is 1. The number of β-lactam (4-membered cyclic amide) rings is 1. The molecule has 1 amide bonds. The van der Waals surface area contributed by atoms with E-state index in [1.165, 1.54) is 5.57 Å². The zero-order chi connectivity index (χ0) is 31.5. The first-order valence-corrected chi connectivity index (χ1v) is 14.9. The number of likely N-dealkylation sites (tertiary alicyclic amines) is 1. The molecule has 38 heavy (non-hydrogen) atoms. The van der Waals surface area contributed by atoms with E-state index < -0.39 is 0 Å². The van der Waals surface area contributed by atoms with Crippen LogP contribution < -0.4 is 0 Å². The molecule has 2 unspecified atom stereocenters. The number of nitrogens with zero attached hydrogens (tertiary/aromatic N) is 1. The van der Waals surface area contributed by atoms with Gasteiger partial charge in [0.05, 0.1) is 18.6 Å². The third kappa shape index (κ3) is 24.0. The highest BCUT2D eigenvalue weighted by Crippen LogP contribution is 2.30. The summed E-state index contributed by atoms with van der Waals surface area (Å²) in [5, 5.41) is 9.39. The van der Waals surface area contributed by atoms with Gasteiger partial charge in [0.1, 0.15) is 0 Å². The molecule has 0 bridgehead atoms. The molecule has 3 heteroatoms. The predicted octanol–water partition coefficient (Wildman–Crippen LogP) is 11.2. The fourth-order valence-corrected chi connectivity index (χ4v) is 2.85. The highest BCUT2D eigenvalue weighted by molar-refractivity contribution is 5.86. The number of aliphatic hydroxyl groups is 1. The maximum Gasteiger partial charge on any atom is 0.229 e. The molecule has 0 aromatic heterocycles. The average molecular weight is 534 g/mol. The van der Waals surface area contributed by atoms with Crippen LogP contribution in [0.2, 0.25) is 0 Å². The average Bonchev–Trinajstić information content (AvgIpc) is 2.99. The molecule has 0 aliphatic carbocycles. The van der Waals surface area contributed by atoms with Gasteiger partial charge in [-0.2, -0.15) is 0 Å². The van der Waals surface area contributed by atoms with Gasteiger partial charge in [0, 0.05) is 5.70 Å². The Hall–Kier alpha value is -2.39. The first kappa shape index (κ1) is 48.7. The monoisotopic (exact) mass is 534 g/mol. The molecule has 0 radical (unpaired) electrons. The molecule has 2 atom stereocenters. The highest BCUT2D eigenvalue weighted by atomic mass is 16.3. The Morgan fingerprint density at radius 3 is 1.71 bits per heavy atom. The van der Waals surface area contributed by atoms with Crippen LogP contribution in [0.4, 0.5) is 0 Å². The molecule has 1 aliphatic heterocycles. The third-order valence-corrected chi connectivity index (χ3v) is 4.46. The minimum Gasteiger partial charge on any atom is -0.388 e. The van der Waals surface area contributed by atoms with Gasteiger partial charge in [-0.05, 0) is 58.3 Å². The second kappa shape index (κ2) is 41.7. The SMILES string of the molecule is C/C=C\C=C(/C)N1C(=O)CC1C(/C=C\C)=C/C.C=C/C=C\C(=C/C)C(O)CC.CC.CC.CC.CC.CC. The summed E-state index contributed by atoms with van der Waals surface area (Å²) in [6.07, 6.45) is 20.4. The fraction of sp³-hybridized carbons (Fsp3) is 0.571. The summed E-state index contributed by atoms with van der Waals surface area (Å²) in [6.45, 7) is 35.4. The molecular formula is C35H67NO2. The first-order valence-electron chi connectivity index (χ1n) is 14.9. The van der Waals surface area contributed by atoms with Crippen LogP contribution in [0.15, 0.2) is 84.2 Å². The summed E-state index contributed by atoms with van der Waals surface area (Å²) < 4.78 is 0. The van der Waals surface area contributed by atoms with Crippen molar-refractivity contribution in [3.05, 3.63) is 84.2 Å². The Bertz CT molecular complexity index is 676. The lowest BCUT2D eigenvalue weighted by Gasteiger charge is -2.41. The molecule has 1 rings (SSSR count). The van der Waals surface area contributed by atoms with E-state index in [9.17, 15) is 9.90 Å². The van der Waals surface area contributed by atoms with E-state index in [0.29, 0.717) is 6.42 Å².